The molecule has 0 heterocycles. The van der Waals surface area contributed by atoms with Gasteiger partial charge in [0.1, 0.15) is 5.82 Å². The average molecular weight is 252 g/mol. The van der Waals surface area contributed by atoms with Crippen LogP contribution in [-0.2, 0) is 4.79 Å². The number of benzene rings is 1. The van der Waals surface area contributed by atoms with Crippen LogP contribution in [0.25, 0.3) is 0 Å². The maximum Gasteiger partial charge on any atom is 0.227 e. The van der Waals surface area contributed by atoms with Crippen LogP contribution in [0.5, 0.6) is 0 Å². The number of hydrogen-bond donors (Lipinski definition) is 2. The molecule has 3 N–H and O–H groups in total. The minimum absolute atomic E-state index is 0.0784. The van der Waals surface area contributed by atoms with E-state index in [1.165, 1.54) is 12.1 Å². The lowest BCUT2D eigenvalue weighted by molar-refractivity contribution is -0.119. The summed E-state index contributed by atoms with van der Waals surface area (Å²) in [6, 6.07) is 6.08. The van der Waals surface area contributed by atoms with Gasteiger partial charge in [-0.1, -0.05) is 19.4 Å². The Hall–Kier alpha value is -1.42. The summed E-state index contributed by atoms with van der Waals surface area (Å²) in [5, 5.41) is 2.71. The number of rotatable bonds is 6. The fraction of sp³-hybridized carbons (Fsp3) is 0.500. The molecule has 0 spiro atoms. The van der Waals surface area contributed by atoms with Gasteiger partial charge in [0.25, 0.3) is 0 Å². The molecule has 1 aromatic rings. The number of hydrogen-bond acceptors (Lipinski definition) is 2. The molecule has 0 fully saturated rings. The van der Waals surface area contributed by atoms with Crippen molar-refractivity contribution in [1.29, 1.82) is 0 Å². The van der Waals surface area contributed by atoms with Gasteiger partial charge in [0.2, 0.25) is 5.91 Å². The predicted molar refractivity (Wildman–Crippen MR) is 71.7 cm³/mol. The van der Waals surface area contributed by atoms with Crippen LogP contribution in [0.2, 0.25) is 0 Å². The van der Waals surface area contributed by atoms with E-state index in [2.05, 4.69) is 5.32 Å². The fourth-order valence-corrected chi connectivity index (χ4v) is 1.71. The van der Waals surface area contributed by atoms with Crippen molar-refractivity contribution in [3.05, 3.63) is 30.1 Å². The molecule has 0 aliphatic carbocycles. The minimum Gasteiger partial charge on any atom is -0.328 e. The van der Waals surface area contributed by atoms with Gasteiger partial charge in [0, 0.05) is 17.6 Å². The van der Waals surface area contributed by atoms with Gasteiger partial charge in [0.05, 0.1) is 0 Å². The second kappa shape index (κ2) is 7.11. The Balaban J connectivity index is 2.40. The lowest BCUT2D eigenvalue weighted by atomic mass is 10.0. The third-order valence-corrected chi connectivity index (χ3v) is 2.84. The number of carbonyl (C=O) groups is 1. The van der Waals surface area contributed by atoms with Crippen molar-refractivity contribution < 1.29 is 9.18 Å². The van der Waals surface area contributed by atoms with Crippen molar-refractivity contribution in [2.24, 2.45) is 11.7 Å². The highest BCUT2D eigenvalue weighted by atomic mass is 19.1. The van der Waals surface area contributed by atoms with Crippen LogP contribution < -0.4 is 11.1 Å². The van der Waals surface area contributed by atoms with Crippen molar-refractivity contribution >= 4 is 11.6 Å². The summed E-state index contributed by atoms with van der Waals surface area (Å²) >= 11 is 0. The van der Waals surface area contributed by atoms with E-state index in [1.807, 2.05) is 13.8 Å². The highest BCUT2D eigenvalue weighted by Gasteiger charge is 2.13. The molecule has 0 aliphatic heterocycles. The zero-order valence-corrected chi connectivity index (χ0v) is 10.9. The second-order valence-corrected chi connectivity index (χ2v) is 4.81. The van der Waals surface area contributed by atoms with Crippen LogP contribution in [0, 0.1) is 11.7 Å². The van der Waals surface area contributed by atoms with Crippen LogP contribution >= 0.6 is 0 Å². The number of anilines is 1. The Morgan fingerprint density at radius 2 is 2.11 bits per heavy atom. The van der Waals surface area contributed by atoms with Gasteiger partial charge in [-0.05, 0) is 38.0 Å². The number of amides is 1. The molecule has 0 saturated carbocycles. The third-order valence-electron chi connectivity index (χ3n) is 2.84. The van der Waals surface area contributed by atoms with Gasteiger partial charge >= 0.3 is 0 Å². The molecule has 0 saturated heterocycles. The molecule has 100 valence electrons. The maximum absolute atomic E-state index is 12.9. The van der Waals surface area contributed by atoms with E-state index in [4.69, 9.17) is 5.73 Å². The van der Waals surface area contributed by atoms with Crippen LogP contribution in [-0.4, -0.2) is 11.9 Å². The van der Waals surface area contributed by atoms with E-state index in [-0.39, 0.29) is 23.7 Å². The number of nitrogens with one attached hydrogen (secondary N) is 1. The molecular formula is C14H21FN2O. The fourth-order valence-electron chi connectivity index (χ4n) is 1.71. The van der Waals surface area contributed by atoms with E-state index in [0.29, 0.717) is 5.69 Å². The topological polar surface area (TPSA) is 55.1 Å². The molecule has 0 aromatic heterocycles. The van der Waals surface area contributed by atoms with Crippen molar-refractivity contribution in [1.82, 2.24) is 0 Å². The zero-order valence-electron chi connectivity index (χ0n) is 10.9. The minimum atomic E-state index is -0.350. The van der Waals surface area contributed by atoms with E-state index in [1.54, 1.807) is 12.1 Å². The SMILES string of the molecule is CC(N)CCCC(C)C(=O)Nc1cccc(F)c1. The smallest absolute Gasteiger partial charge is 0.227 e. The predicted octanol–water partition coefficient (Wildman–Crippen LogP) is 2.92. The van der Waals surface area contributed by atoms with Gasteiger partial charge in [-0.15, -0.1) is 0 Å². The first-order valence-electron chi connectivity index (χ1n) is 6.31. The quantitative estimate of drug-likeness (QED) is 0.818. The van der Waals surface area contributed by atoms with E-state index < -0.39 is 0 Å². The molecule has 1 rings (SSSR count). The van der Waals surface area contributed by atoms with Crippen LogP contribution in [0.1, 0.15) is 33.1 Å². The highest BCUT2D eigenvalue weighted by Crippen LogP contribution is 2.14. The van der Waals surface area contributed by atoms with Gasteiger partial charge < -0.3 is 11.1 Å². The molecule has 3 nitrogen and oxygen atoms in total. The monoisotopic (exact) mass is 252 g/mol. The molecule has 4 heteroatoms. The van der Waals surface area contributed by atoms with E-state index in [9.17, 15) is 9.18 Å². The molecule has 2 atom stereocenters. The van der Waals surface area contributed by atoms with Crippen LogP contribution in [0.3, 0.4) is 0 Å². The maximum atomic E-state index is 12.9. The van der Waals surface area contributed by atoms with Crippen molar-refractivity contribution in [2.75, 3.05) is 5.32 Å². The molecule has 0 bridgehead atoms. The molecule has 2 unspecified atom stereocenters. The molecular weight excluding hydrogens is 231 g/mol. The van der Waals surface area contributed by atoms with Gasteiger partial charge in [-0.25, -0.2) is 4.39 Å². The Bertz CT molecular complexity index is 393. The van der Waals surface area contributed by atoms with E-state index in [0.717, 1.165) is 19.3 Å². The average Bonchev–Trinajstić information content (AvgIpc) is 2.28. The molecule has 0 aliphatic rings. The van der Waals surface area contributed by atoms with Gasteiger partial charge in [0.15, 0.2) is 0 Å². The number of nitrogens with two attached hydrogens (primary N) is 1. The van der Waals surface area contributed by atoms with Gasteiger partial charge in [-0.3, -0.25) is 4.79 Å². The summed E-state index contributed by atoms with van der Waals surface area (Å²) in [5.41, 5.74) is 6.15. The number of halogens is 1. The van der Waals surface area contributed by atoms with Gasteiger partial charge in [-0.2, -0.15) is 0 Å². The first-order chi connectivity index (χ1) is 8.49. The molecule has 18 heavy (non-hydrogen) atoms. The van der Waals surface area contributed by atoms with Crippen LogP contribution in [0.15, 0.2) is 24.3 Å². The summed E-state index contributed by atoms with van der Waals surface area (Å²) < 4.78 is 12.9. The Morgan fingerprint density at radius 3 is 2.72 bits per heavy atom. The Kier molecular flexibility index (Phi) is 5.78. The zero-order chi connectivity index (χ0) is 13.5. The van der Waals surface area contributed by atoms with Crippen molar-refractivity contribution in [2.45, 2.75) is 39.2 Å². The van der Waals surface area contributed by atoms with Crippen molar-refractivity contribution in [3.8, 4) is 0 Å². The van der Waals surface area contributed by atoms with E-state index >= 15 is 0 Å². The summed E-state index contributed by atoms with van der Waals surface area (Å²) in [6.45, 7) is 3.83. The molecule has 0 radical (unpaired) electrons. The lowest BCUT2D eigenvalue weighted by Crippen LogP contribution is -2.21. The molecule has 1 amide bonds. The second-order valence-electron chi connectivity index (χ2n) is 4.81. The summed E-state index contributed by atoms with van der Waals surface area (Å²) in [7, 11) is 0. The Morgan fingerprint density at radius 1 is 1.39 bits per heavy atom. The first kappa shape index (κ1) is 14.6. The molecule has 1 aromatic carbocycles. The third kappa shape index (κ3) is 5.27. The summed E-state index contributed by atoms with van der Waals surface area (Å²) in [4.78, 5) is 11.8. The normalized spacial score (nSPS) is 14.0. The van der Waals surface area contributed by atoms with Crippen molar-refractivity contribution in [3.63, 3.8) is 0 Å². The largest absolute Gasteiger partial charge is 0.328 e. The standard InChI is InChI=1S/C14H21FN2O/c1-10(5-3-6-11(2)16)14(18)17-13-8-4-7-12(15)9-13/h4,7-11H,3,5-6,16H2,1-2H3,(H,17,18). The number of carbonyl (C=O) groups excluding carboxylic acids is 1. The Labute approximate surface area is 108 Å². The first-order valence-corrected chi connectivity index (χ1v) is 6.31. The summed E-state index contributed by atoms with van der Waals surface area (Å²) in [6.07, 6.45) is 2.63. The van der Waals surface area contributed by atoms with Crippen LogP contribution in [0.4, 0.5) is 10.1 Å². The lowest BCUT2D eigenvalue weighted by Gasteiger charge is -2.13. The summed E-state index contributed by atoms with van der Waals surface area (Å²) in [5.74, 6) is -0.519. The highest BCUT2D eigenvalue weighted by molar-refractivity contribution is 5.92.